The Morgan fingerprint density at radius 3 is 2.58 bits per heavy atom. The summed E-state index contributed by atoms with van der Waals surface area (Å²) in [5.74, 6) is -1.84. The number of esters is 1. The lowest BCUT2D eigenvalue weighted by Crippen LogP contribution is -2.62. The highest BCUT2D eigenvalue weighted by Crippen LogP contribution is 2.48. The van der Waals surface area contributed by atoms with Crippen LogP contribution in [0.2, 0.25) is 0 Å². The predicted octanol–water partition coefficient (Wildman–Crippen LogP) is 6.08. The fraction of sp³-hybridized carbons (Fsp3) is 0.540. The third-order valence-electron chi connectivity index (χ3n) is 14.0. The number of carbonyl (C=O) groups excluding carboxylic acids is 4. The molecule has 3 aliphatic heterocycles. The Hall–Kier alpha value is -5.31. The van der Waals surface area contributed by atoms with Crippen LogP contribution in [0.3, 0.4) is 0 Å². The third-order valence-corrected chi connectivity index (χ3v) is 14.0. The molecule has 14 nitrogen and oxygen atoms in total. The van der Waals surface area contributed by atoms with E-state index in [2.05, 4.69) is 59.6 Å². The number of likely N-dealkylation sites (N-methyl/N-ethyl adjacent to an activating group) is 1. The zero-order chi connectivity index (χ0) is 45.7. The molecule has 2 saturated heterocycles. The Labute approximate surface area is 376 Å². The van der Waals surface area contributed by atoms with Crippen LogP contribution in [0.1, 0.15) is 96.6 Å². The highest BCUT2D eigenvalue weighted by Gasteiger charge is 2.56. The highest BCUT2D eigenvalue weighted by atomic mass is 16.5. The average Bonchev–Trinajstić information content (AvgIpc) is 3.84. The molecule has 1 unspecified atom stereocenters. The number of hydrogen-bond acceptors (Lipinski definition) is 10. The molecule has 4 N–H and O–H groups in total. The number of phenolic OH excluding ortho intramolecular Hbond substituents is 1. The predicted molar refractivity (Wildman–Crippen MR) is 245 cm³/mol. The number of cyclic esters (lactones) is 1. The lowest BCUT2D eigenvalue weighted by atomic mass is 9.84. The van der Waals surface area contributed by atoms with Crippen LogP contribution < -0.4 is 16.1 Å². The van der Waals surface area contributed by atoms with E-state index in [1.807, 2.05) is 39.0 Å². The number of benzene rings is 2. The van der Waals surface area contributed by atoms with Crippen molar-refractivity contribution in [1.82, 2.24) is 35.5 Å². The molecule has 4 aliphatic rings. The number of pyridine rings is 1. The quantitative estimate of drug-likeness (QED) is 0.145. The number of hydrazine groups is 1. The number of fused-ring (bicyclic) bond motifs is 6. The molecule has 1 saturated carbocycles. The van der Waals surface area contributed by atoms with Crippen molar-refractivity contribution >= 4 is 34.6 Å². The normalized spacial score (nSPS) is 22.8. The van der Waals surface area contributed by atoms with Crippen molar-refractivity contribution in [2.75, 3.05) is 33.9 Å². The van der Waals surface area contributed by atoms with Gasteiger partial charge < -0.3 is 34.7 Å². The van der Waals surface area contributed by atoms with E-state index in [1.165, 1.54) is 5.01 Å². The van der Waals surface area contributed by atoms with Crippen LogP contribution in [0.4, 0.5) is 0 Å². The molecule has 2 aromatic carbocycles. The van der Waals surface area contributed by atoms with E-state index in [1.54, 1.807) is 37.4 Å². The van der Waals surface area contributed by atoms with Gasteiger partial charge in [0.25, 0.3) is 5.91 Å². The fourth-order valence-electron chi connectivity index (χ4n) is 10.5. The lowest BCUT2D eigenvalue weighted by Gasteiger charge is -2.37. The molecule has 8 rings (SSSR count). The van der Waals surface area contributed by atoms with Gasteiger partial charge in [-0.15, -0.1) is 0 Å². The molecule has 0 radical (unpaired) electrons. The lowest BCUT2D eigenvalue weighted by molar-refractivity contribution is -0.155. The Bertz CT molecular complexity index is 2440. The van der Waals surface area contributed by atoms with Crippen LogP contribution in [0.25, 0.3) is 33.3 Å². The second kappa shape index (κ2) is 17.9. The fourth-order valence-corrected chi connectivity index (χ4v) is 10.5. The summed E-state index contributed by atoms with van der Waals surface area (Å²) in [6.45, 7) is 14.0. The number of aromatic hydroxyl groups is 1. The molecule has 2 aromatic heterocycles. The molecule has 5 atom stereocenters. The van der Waals surface area contributed by atoms with E-state index < -0.39 is 41.3 Å². The first-order valence-electron chi connectivity index (χ1n) is 23.1. The number of aryl methyl sites for hydroxylation is 1. The summed E-state index contributed by atoms with van der Waals surface area (Å²) < 4.78 is 14.2. The summed E-state index contributed by atoms with van der Waals surface area (Å²) in [6.07, 6.45) is 5.72. The van der Waals surface area contributed by atoms with Gasteiger partial charge in [-0.2, -0.15) is 0 Å². The van der Waals surface area contributed by atoms with Gasteiger partial charge in [-0.3, -0.25) is 29.2 Å². The molecule has 3 fully saturated rings. The molecule has 3 amide bonds. The Morgan fingerprint density at radius 2 is 1.86 bits per heavy atom. The molecule has 342 valence electrons. The first kappa shape index (κ1) is 45.3. The van der Waals surface area contributed by atoms with E-state index in [0.29, 0.717) is 37.9 Å². The smallest absolute Gasteiger partial charge is 0.324 e. The van der Waals surface area contributed by atoms with E-state index in [0.717, 1.165) is 70.4 Å². The minimum absolute atomic E-state index is 0.0183. The zero-order valence-corrected chi connectivity index (χ0v) is 38.6. The number of carbonyl (C=O) groups is 4. The Morgan fingerprint density at radius 1 is 1.08 bits per heavy atom. The summed E-state index contributed by atoms with van der Waals surface area (Å²) in [4.78, 5) is 63.6. The number of hydrogen-bond donors (Lipinski definition) is 4. The number of rotatable bonds is 9. The molecular formula is C50H65N7O7. The second-order valence-corrected chi connectivity index (χ2v) is 19.6. The van der Waals surface area contributed by atoms with Gasteiger partial charge in [-0.1, -0.05) is 39.8 Å². The summed E-state index contributed by atoms with van der Waals surface area (Å²) >= 11 is 0. The average molecular weight is 876 g/mol. The Balaban J connectivity index is 1.22. The van der Waals surface area contributed by atoms with E-state index >= 15 is 0 Å². The standard InChI is InChI=1S/C50H65N7O7/c1-9-56-41-15-14-32-26-36(41)37(44(56)35-12-10-19-51-42(35)30(4)63-8)27-49(5,6)28-64-48(62)39-13-11-21-57(54-39)47(61)40(24-31-22-33(32)25-34(58)23-31)53-45(59)43(29(2)3)55(7)46(60)38-16-20-52-50(38)17-18-50/h10,12,14-15,19,22-23,25-26,29-30,38-40,43,52,54,58H,9,11,13,16-18,20-21,24,27-28H2,1-8H3,(H,53,59)/t30-,38?,39-,40-,43-/m0/s1. The first-order valence-corrected chi connectivity index (χ1v) is 23.1. The van der Waals surface area contributed by atoms with Gasteiger partial charge in [-0.05, 0) is 123 Å². The molecule has 5 heterocycles. The third kappa shape index (κ3) is 8.76. The number of ether oxygens (including phenoxy) is 2. The van der Waals surface area contributed by atoms with Crippen LogP contribution in [0.15, 0.2) is 54.7 Å². The number of nitrogens with zero attached hydrogens (tertiary/aromatic N) is 4. The molecule has 6 bridgehead atoms. The van der Waals surface area contributed by atoms with Crippen molar-refractivity contribution in [3.05, 3.63) is 71.5 Å². The van der Waals surface area contributed by atoms with Crippen molar-refractivity contribution < 1.29 is 33.8 Å². The second-order valence-electron chi connectivity index (χ2n) is 19.6. The minimum atomic E-state index is -1.10. The number of nitrogens with one attached hydrogen (secondary N) is 3. The van der Waals surface area contributed by atoms with Crippen molar-refractivity contribution in [2.24, 2.45) is 17.3 Å². The van der Waals surface area contributed by atoms with Gasteiger partial charge >= 0.3 is 5.97 Å². The maximum atomic E-state index is 14.7. The number of phenols is 1. The minimum Gasteiger partial charge on any atom is -0.508 e. The summed E-state index contributed by atoms with van der Waals surface area (Å²) in [7, 11) is 3.37. The zero-order valence-electron chi connectivity index (χ0n) is 38.6. The van der Waals surface area contributed by atoms with Crippen LogP contribution in [0, 0.1) is 17.3 Å². The molecule has 1 aliphatic carbocycles. The Kier molecular flexibility index (Phi) is 12.7. The topological polar surface area (TPSA) is 167 Å². The van der Waals surface area contributed by atoms with Crippen LogP contribution in [-0.4, -0.2) is 106 Å². The van der Waals surface area contributed by atoms with Gasteiger partial charge in [0.15, 0.2) is 0 Å². The first-order chi connectivity index (χ1) is 30.5. The van der Waals surface area contributed by atoms with Crippen LogP contribution >= 0.6 is 0 Å². The van der Waals surface area contributed by atoms with Gasteiger partial charge in [-0.25, -0.2) is 5.43 Å². The molecule has 4 aromatic rings. The highest BCUT2D eigenvalue weighted by molar-refractivity contribution is 5.96. The van der Waals surface area contributed by atoms with Crippen molar-refractivity contribution in [1.29, 1.82) is 0 Å². The molecule has 1 spiro atoms. The summed E-state index contributed by atoms with van der Waals surface area (Å²) in [6, 6.07) is 12.9. The van der Waals surface area contributed by atoms with E-state index in [-0.39, 0.29) is 48.2 Å². The largest absolute Gasteiger partial charge is 0.508 e. The van der Waals surface area contributed by atoms with Crippen molar-refractivity contribution in [3.8, 4) is 28.1 Å². The van der Waals surface area contributed by atoms with E-state index in [9.17, 15) is 24.3 Å². The summed E-state index contributed by atoms with van der Waals surface area (Å²) in [5, 5.41) is 20.3. The van der Waals surface area contributed by atoms with Crippen LogP contribution in [-0.2, 0) is 48.0 Å². The summed E-state index contributed by atoms with van der Waals surface area (Å²) in [5.41, 5.74) is 9.58. The van der Waals surface area contributed by atoms with Gasteiger partial charge in [0.2, 0.25) is 11.8 Å². The van der Waals surface area contributed by atoms with Crippen LogP contribution in [0.5, 0.6) is 5.75 Å². The monoisotopic (exact) mass is 875 g/mol. The molecule has 14 heteroatoms. The van der Waals surface area contributed by atoms with Crippen molar-refractivity contribution in [3.63, 3.8) is 0 Å². The number of methoxy groups -OCH3 is 1. The number of amides is 3. The molecular weight excluding hydrogens is 811 g/mol. The van der Waals surface area contributed by atoms with Gasteiger partial charge in [0, 0.05) is 67.3 Å². The van der Waals surface area contributed by atoms with Gasteiger partial charge in [0.05, 0.1) is 30.0 Å². The van der Waals surface area contributed by atoms with Crippen molar-refractivity contribution in [2.45, 2.75) is 123 Å². The molecule has 64 heavy (non-hydrogen) atoms. The maximum Gasteiger partial charge on any atom is 0.324 e. The number of aromatic nitrogens is 2. The maximum absolute atomic E-state index is 14.7. The van der Waals surface area contributed by atoms with E-state index in [4.69, 9.17) is 14.5 Å². The van der Waals surface area contributed by atoms with Gasteiger partial charge in [0.1, 0.15) is 23.9 Å². The SMILES string of the molecule is CCn1c(-c2cccnc2[C@H](C)OC)c2c3cc(ccc31)-c1cc(O)cc(c1)C[C@H](NC(=O)[C@H](C(C)C)N(C)C(=O)C1CCNC13CC3)C(=O)N1CCC[C@H](N1)C(=O)OCC(C)(C)C2.